The van der Waals surface area contributed by atoms with Crippen LogP contribution in [0.2, 0.25) is 0 Å². The molecule has 98 valence electrons. The number of carbonyl (C=O) groups excluding carboxylic acids is 1. The van der Waals surface area contributed by atoms with Crippen molar-refractivity contribution >= 4 is 16.6 Å². The molecule has 0 aromatic heterocycles. The fourth-order valence-electron chi connectivity index (χ4n) is 2.26. The molecule has 3 heteroatoms. The number of rotatable bonds is 2. The topological polar surface area (TPSA) is 17.1 Å². The molecule has 3 rings (SSSR count). The van der Waals surface area contributed by atoms with Gasteiger partial charge in [-0.15, -0.1) is 0 Å². The first kappa shape index (κ1) is 12.5. The minimum Gasteiger partial charge on any atom is -0.289 e. The summed E-state index contributed by atoms with van der Waals surface area (Å²) in [4.78, 5) is 12.4. The van der Waals surface area contributed by atoms with E-state index in [1.807, 2.05) is 30.3 Å². The average molecular weight is 268 g/mol. The van der Waals surface area contributed by atoms with E-state index in [0.29, 0.717) is 5.56 Å². The van der Waals surface area contributed by atoms with Crippen LogP contribution in [0.5, 0.6) is 0 Å². The van der Waals surface area contributed by atoms with Gasteiger partial charge in [0.1, 0.15) is 11.6 Å². The molecule has 0 saturated carbocycles. The maximum absolute atomic E-state index is 13.2. The molecule has 0 aliphatic rings. The summed E-state index contributed by atoms with van der Waals surface area (Å²) in [6, 6.07) is 15.6. The Morgan fingerprint density at radius 3 is 2.20 bits per heavy atom. The van der Waals surface area contributed by atoms with E-state index in [1.165, 1.54) is 0 Å². The van der Waals surface area contributed by atoms with Crippen LogP contribution in [-0.4, -0.2) is 5.78 Å². The molecule has 0 saturated heterocycles. The normalized spacial score (nSPS) is 10.7. The van der Waals surface area contributed by atoms with Crippen LogP contribution < -0.4 is 0 Å². The highest BCUT2D eigenvalue weighted by Gasteiger charge is 2.14. The Hall–Kier alpha value is -2.55. The third-order valence-corrected chi connectivity index (χ3v) is 3.16. The summed E-state index contributed by atoms with van der Waals surface area (Å²) in [7, 11) is 0. The van der Waals surface area contributed by atoms with E-state index in [0.717, 1.165) is 29.0 Å². The van der Waals surface area contributed by atoms with Gasteiger partial charge in [0.25, 0.3) is 0 Å². The van der Waals surface area contributed by atoms with Crippen molar-refractivity contribution in [2.45, 2.75) is 0 Å². The van der Waals surface area contributed by atoms with Crippen LogP contribution in [0.25, 0.3) is 10.8 Å². The zero-order valence-electron chi connectivity index (χ0n) is 10.4. The minimum absolute atomic E-state index is 0.0128. The van der Waals surface area contributed by atoms with Crippen molar-refractivity contribution in [1.82, 2.24) is 0 Å². The lowest BCUT2D eigenvalue weighted by Crippen LogP contribution is -2.03. The predicted molar refractivity (Wildman–Crippen MR) is 73.7 cm³/mol. The van der Waals surface area contributed by atoms with Crippen LogP contribution in [0.3, 0.4) is 0 Å². The smallest absolute Gasteiger partial charge is 0.193 e. The number of ketones is 1. The second kappa shape index (κ2) is 4.85. The van der Waals surface area contributed by atoms with Gasteiger partial charge < -0.3 is 0 Å². The van der Waals surface area contributed by atoms with Gasteiger partial charge in [0, 0.05) is 17.2 Å². The van der Waals surface area contributed by atoms with E-state index in [9.17, 15) is 13.6 Å². The highest BCUT2D eigenvalue weighted by atomic mass is 19.1. The van der Waals surface area contributed by atoms with Crippen molar-refractivity contribution in [3.8, 4) is 0 Å². The van der Waals surface area contributed by atoms with Gasteiger partial charge in [0.15, 0.2) is 5.78 Å². The van der Waals surface area contributed by atoms with Crippen LogP contribution in [0.1, 0.15) is 15.9 Å². The monoisotopic (exact) mass is 268 g/mol. The molecule has 1 nitrogen and oxygen atoms in total. The fraction of sp³-hybridized carbons (Fsp3) is 0. The third kappa shape index (κ3) is 2.18. The molecule has 0 radical (unpaired) electrons. The van der Waals surface area contributed by atoms with E-state index >= 15 is 0 Å². The van der Waals surface area contributed by atoms with Crippen LogP contribution in [0.4, 0.5) is 8.78 Å². The maximum Gasteiger partial charge on any atom is 0.193 e. The van der Waals surface area contributed by atoms with Crippen molar-refractivity contribution in [3.05, 3.63) is 83.4 Å². The largest absolute Gasteiger partial charge is 0.289 e. The van der Waals surface area contributed by atoms with Gasteiger partial charge in [-0.25, -0.2) is 8.78 Å². The Balaban J connectivity index is 2.17. The minimum atomic E-state index is -0.756. The molecular weight excluding hydrogens is 258 g/mol. The van der Waals surface area contributed by atoms with Gasteiger partial charge in [-0.05, 0) is 22.9 Å². The Morgan fingerprint density at radius 1 is 0.800 bits per heavy atom. The predicted octanol–water partition coefficient (Wildman–Crippen LogP) is 4.35. The zero-order valence-corrected chi connectivity index (χ0v) is 10.4. The maximum atomic E-state index is 13.2. The SMILES string of the molecule is O=C(c1cc(F)cc(F)c1)c1cccc2ccccc12. The molecule has 3 aromatic rings. The molecule has 0 fully saturated rings. The van der Waals surface area contributed by atoms with E-state index < -0.39 is 11.6 Å². The Morgan fingerprint density at radius 2 is 1.45 bits per heavy atom. The fourth-order valence-corrected chi connectivity index (χ4v) is 2.26. The second-order valence-corrected chi connectivity index (χ2v) is 4.51. The van der Waals surface area contributed by atoms with Gasteiger partial charge in [-0.2, -0.15) is 0 Å². The summed E-state index contributed by atoms with van der Waals surface area (Å²) in [5.41, 5.74) is 0.451. The Labute approximate surface area is 114 Å². The lowest BCUT2D eigenvalue weighted by molar-refractivity contribution is 0.103. The van der Waals surface area contributed by atoms with Gasteiger partial charge >= 0.3 is 0 Å². The van der Waals surface area contributed by atoms with Crippen molar-refractivity contribution < 1.29 is 13.6 Å². The quantitative estimate of drug-likeness (QED) is 0.631. The van der Waals surface area contributed by atoms with Gasteiger partial charge in [0.2, 0.25) is 0 Å². The molecule has 0 unspecified atom stereocenters. The zero-order chi connectivity index (χ0) is 14.1. The molecule has 0 N–H and O–H groups in total. The number of halogens is 2. The molecule has 20 heavy (non-hydrogen) atoms. The van der Waals surface area contributed by atoms with E-state index in [4.69, 9.17) is 0 Å². The van der Waals surface area contributed by atoms with Crippen LogP contribution in [0.15, 0.2) is 60.7 Å². The van der Waals surface area contributed by atoms with Crippen LogP contribution in [0, 0.1) is 11.6 Å². The van der Waals surface area contributed by atoms with Crippen molar-refractivity contribution in [3.63, 3.8) is 0 Å². The summed E-state index contributed by atoms with van der Waals surface area (Å²) in [6.45, 7) is 0. The number of carbonyl (C=O) groups is 1. The molecule has 0 aliphatic heterocycles. The first-order chi connectivity index (χ1) is 9.65. The van der Waals surface area contributed by atoms with E-state index in [2.05, 4.69) is 0 Å². The van der Waals surface area contributed by atoms with Crippen LogP contribution in [-0.2, 0) is 0 Å². The number of benzene rings is 3. The summed E-state index contributed by atoms with van der Waals surface area (Å²) >= 11 is 0. The highest BCUT2D eigenvalue weighted by Crippen LogP contribution is 2.22. The average Bonchev–Trinajstić information content (AvgIpc) is 2.45. The number of hydrogen-bond donors (Lipinski definition) is 0. The third-order valence-electron chi connectivity index (χ3n) is 3.16. The second-order valence-electron chi connectivity index (χ2n) is 4.51. The molecule has 0 atom stereocenters. The first-order valence-electron chi connectivity index (χ1n) is 6.14. The first-order valence-corrected chi connectivity index (χ1v) is 6.14. The standard InChI is InChI=1S/C17H10F2O/c18-13-8-12(9-14(19)10-13)17(20)16-7-3-5-11-4-1-2-6-15(11)16/h1-10H. The van der Waals surface area contributed by atoms with Gasteiger partial charge in [-0.3, -0.25) is 4.79 Å². The van der Waals surface area contributed by atoms with Crippen molar-refractivity contribution in [1.29, 1.82) is 0 Å². The van der Waals surface area contributed by atoms with E-state index in [-0.39, 0.29) is 11.3 Å². The van der Waals surface area contributed by atoms with Crippen molar-refractivity contribution in [2.75, 3.05) is 0 Å². The number of hydrogen-bond acceptors (Lipinski definition) is 1. The summed E-state index contributed by atoms with van der Waals surface area (Å²) in [6.07, 6.45) is 0. The van der Waals surface area contributed by atoms with Crippen LogP contribution >= 0.6 is 0 Å². The molecule has 0 spiro atoms. The van der Waals surface area contributed by atoms with E-state index in [1.54, 1.807) is 12.1 Å². The lowest BCUT2D eigenvalue weighted by atomic mass is 9.97. The lowest BCUT2D eigenvalue weighted by Gasteiger charge is -2.06. The molecule has 3 aromatic carbocycles. The highest BCUT2D eigenvalue weighted by molar-refractivity contribution is 6.16. The Kier molecular flexibility index (Phi) is 3.03. The summed E-state index contributed by atoms with van der Waals surface area (Å²) < 4.78 is 26.5. The summed E-state index contributed by atoms with van der Waals surface area (Å²) in [5.74, 6) is -1.90. The Bertz CT molecular complexity index is 783. The van der Waals surface area contributed by atoms with Gasteiger partial charge in [0.05, 0.1) is 0 Å². The molecule has 0 aliphatic carbocycles. The molecular formula is C17H10F2O. The number of fused-ring (bicyclic) bond motifs is 1. The summed E-state index contributed by atoms with van der Waals surface area (Å²) in [5, 5.41) is 1.68. The molecule has 0 heterocycles. The van der Waals surface area contributed by atoms with Crippen molar-refractivity contribution in [2.24, 2.45) is 0 Å². The molecule has 0 bridgehead atoms. The molecule has 0 amide bonds. The van der Waals surface area contributed by atoms with Gasteiger partial charge in [-0.1, -0.05) is 42.5 Å².